The molecular weight excluding hydrogens is 332 g/mol. The van der Waals surface area contributed by atoms with E-state index in [4.69, 9.17) is 5.11 Å². The van der Waals surface area contributed by atoms with Gasteiger partial charge in [0.15, 0.2) is 0 Å². The van der Waals surface area contributed by atoms with E-state index in [0.717, 1.165) is 29.7 Å². The third-order valence-electron chi connectivity index (χ3n) is 4.12. The van der Waals surface area contributed by atoms with E-state index in [1.54, 1.807) is 11.8 Å². The maximum atomic E-state index is 10.7. The Hall–Kier alpha value is -1.42. The highest BCUT2D eigenvalue weighted by molar-refractivity contribution is 7.99. The third-order valence-corrected chi connectivity index (χ3v) is 5.25. The van der Waals surface area contributed by atoms with Gasteiger partial charge in [-0.3, -0.25) is 0 Å². The van der Waals surface area contributed by atoms with E-state index in [2.05, 4.69) is 60.3 Å². The lowest BCUT2D eigenvalue weighted by Crippen LogP contribution is -2.18. The van der Waals surface area contributed by atoms with Gasteiger partial charge in [-0.2, -0.15) is 11.8 Å². The number of aryl methyl sites for hydroxylation is 1. The van der Waals surface area contributed by atoms with Crippen molar-refractivity contribution in [2.45, 2.75) is 65.2 Å². The summed E-state index contributed by atoms with van der Waals surface area (Å²) in [5.74, 6) is 0.848. The normalized spacial score (nSPS) is 12.2. The largest absolute Gasteiger partial charge is 0.507 e. The van der Waals surface area contributed by atoms with Crippen molar-refractivity contribution in [3.63, 3.8) is 0 Å². The van der Waals surface area contributed by atoms with Gasteiger partial charge < -0.3 is 10.2 Å². The zero-order valence-corrected chi connectivity index (χ0v) is 17.2. The van der Waals surface area contributed by atoms with Crippen molar-refractivity contribution in [2.75, 3.05) is 11.5 Å². The number of aromatic hydroxyl groups is 1. The van der Waals surface area contributed by atoms with Gasteiger partial charge in [0.05, 0.1) is 0 Å². The molecule has 4 heteroatoms. The quantitative estimate of drug-likeness (QED) is 0.509. The molecule has 0 spiro atoms. The Morgan fingerprint density at radius 1 is 1.08 bits per heavy atom. The number of benzene rings is 1. The Balaban J connectivity index is 2.86. The van der Waals surface area contributed by atoms with Crippen LogP contribution in [0.15, 0.2) is 24.3 Å². The summed E-state index contributed by atoms with van der Waals surface area (Å²) >= 11 is 1.60. The van der Waals surface area contributed by atoms with E-state index in [1.807, 2.05) is 0 Å². The Bertz CT molecular complexity index is 599. The molecule has 0 unspecified atom stereocenters. The van der Waals surface area contributed by atoms with Crippen LogP contribution in [-0.2, 0) is 22.0 Å². The number of hydrogen-bond donors (Lipinski definition) is 2. The minimum absolute atomic E-state index is 0.117. The Kier molecular flexibility index (Phi) is 7.18. The average Bonchev–Trinajstić information content (AvgIpc) is 2.45. The summed E-state index contributed by atoms with van der Waals surface area (Å²) in [4.78, 5) is 10.7. The van der Waals surface area contributed by atoms with Gasteiger partial charge in [-0.15, -0.1) is 0 Å². The molecule has 0 bridgehead atoms. The first kappa shape index (κ1) is 21.6. The first-order chi connectivity index (χ1) is 11.3. The van der Waals surface area contributed by atoms with Gasteiger partial charge in [0.2, 0.25) is 0 Å². The molecule has 0 heterocycles. The molecule has 25 heavy (non-hydrogen) atoms. The van der Waals surface area contributed by atoms with Crippen LogP contribution < -0.4 is 0 Å². The van der Waals surface area contributed by atoms with Crippen LogP contribution in [0.2, 0.25) is 0 Å². The van der Waals surface area contributed by atoms with E-state index < -0.39 is 5.97 Å². The molecule has 1 aromatic carbocycles. The highest BCUT2D eigenvalue weighted by atomic mass is 32.2. The summed E-state index contributed by atoms with van der Waals surface area (Å²) in [5, 5.41) is 19.6. The van der Waals surface area contributed by atoms with Crippen LogP contribution >= 0.6 is 11.8 Å². The Morgan fingerprint density at radius 2 is 1.56 bits per heavy atom. The molecule has 0 aliphatic heterocycles. The molecule has 0 saturated heterocycles. The molecule has 0 fully saturated rings. The second-order valence-corrected chi connectivity index (χ2v) is 9.71. The molecular formula is C21H32O3S. The van der Waals surface area contributed by atoms with E-state index in [0.29, 0.717) is 11.5 Å². The number of aliphatic carboxylic acids is 1. The van der Waals surface area contributed by atoms with E-state index in [-0.39, 0.29) is 16.4 Å². The average molecular weight is 365 g/mol. The molecule has 0 amide bonds. The smallest absolute Gasteiger partial charge is 0.331 e. The first-order valence-electron chi connectivity index (χ1n) is 8.69. The summed E-state index contributed by atoms with van der Waals surface area (Å²) in [6.07, 6.45) is 1.88. The number of thioether (sulfide) groups is 1. The lowest BCUT2D eigenvalue weighted by Gasteiger charge is -2.28. The Morgan fingerprint density at radius 3 is 1.96 bits per heavy atom. The second-order valence-electron chi connectivity index (χ2n) is 8.60. The molecule has 0 aliphatic rings. The van der Waals surface area contributed by atoms with Gasteiger partial charge in [0.25, 0.3) is 0 Å². The van der Waals surface area contributed by atoms with Gasteiger partial charge in [-0.1, -0.05) is 60.3 Å². The van der Waals surface area contributed by atoms with Crippen LogP contribution in [-0.4, -0.2) is 27.7 Å². The van der Waals surface area contributed by atoms with Crippen molar-refractivity contribution in [1.82, 2.24) is 0 Å². The lowest BCUT2D eigenvalue weighted by molar-refractivity contribution is -0.132. The number of carboxylic acids is 1. The molecule has 140 valence electrons. The highest BCUT2D eigenvalue weighted by Crippen LogP contribution is 2.40. The van der Waals surface area contributed by atoms with Crippen molar-refractivity contribution >= 4 is 17.7 Å². The van der Waals surface area contributed by atoms with Gasteiger partial charge in [0, 0.05) is 11.3 Å². The van der Waals surface area contributed by atoms with E-state index in [9.17, 15) is 9.90 Å². The van der Waals surface area contributed by atoms with Crippen molar-refractivity contribution < 1.29 is 15.0 Å². The predicted octanol–water partition coefficient (Wildman–Crippen LogP) is 5.29. The zero-order valence-electron chi connectivity index (χ0n) is 16.4. The highest BCUT2D eigenvalue weighted by Gasteiger charge is 2.26. The zero-order chi connectivity index (χ0) is 19.4. The third kappa shape index (κ3) is 6.43. The minimum atomic E-state index is -0.921. The fourth-order valence-corrected chi connectivity index (χ4v) is 3.48. The summed E-state index contributed by atoms with van der Waals surface area (Å²) < 4.78 is 0. The standard InChI is InChI=1S/C21H32O3S/c1-14(19(23)24)13-25-10-8-9-15-11-16(20(2,3)4)18(22)17(12-15)21(5,6)7/h11-12,22H,1,8-10,13H2,2-7H3,(H,23,24). The van der Waals surface area contributed by atoms with Gasteiger partial charge in [-0.05, 0) is 46.1 Å². The summed E-state index contributed by atoms with van der Waals surface area (Å²) in [6.45, 7) is 16.2. The predicted molar refractivity (Wildman–Crippen MR) is 108 cm³/mol. The molecule has 0 aliphatic carbocycles. The summed E-state index contributed by atoms with van der Waals surface area (Å²) in [5.41, 5.74) is 3.22. The SMILES string of the molecule is C=C(CSCCCc1cc(C(C)(C)C)c(O)c(C(C)(C)C)c1)C(=O)O. The number of carboxylic acid groups (broad SMARTS) is 1. The van der Waals surface area contributed by atoms with Crippen molar-refractivity contribution in [1.29, 1.82) is 0 Å². The topological polar surface area (TPSA) is 57.5 Å². The van der Waals surface area contributed by atoms with Gasteiger partial charge >= 0.3 is 5.97 Å². The number of rotatable bonds is 7. The maximum Gasteiger partial charge on any atom is 0.331 e. The summed E-state index contributed by atoms with van der Waals surface area (Å²) in [6, 6.07) is 4.23. The fraction of sp³-hybridized carbons (Fsp3) is 0.571. The number of phenolic OH excluding ortho intramolecular Hbond substituents is 1. The monoisotopic (exact) mass is 364 g/mol. The van der Waals surface area contributed by atoms with Crippen LogP contribution in [0.25, 0.3) is 0 Å². The molecule has 1 rings (SSSR count). The molecule has 3 nitrogen and oxygen atoms in total. The van der Waals surface area contributed by atoms with Crippen molar-refractivity contribution in [2.24, 2.45) is 0 Å². The lowest BCUT2D eigenvalue weighted by atomic mass is 9.78. The molecule has 0 atom stereocenters. The molecule has 2 N–H and O–H groups in total. The summed E-state index contributed by atoms with van der Waals surface area (Å²) in [7, 11) is 0. The van der Waals surface area contributed by atoms with E-state index in [1.165, 1.54) is 5.56 Å². The molecule has 0 saturated carbocycles. The second kappa shape index (κ2) is 8.31. The van der Waals surface area contributed by atoms with Crippen LogP contribution in [0.4, 0.5) is 0 Å². The first-order valence-corrected chi connectivity index (χ1v) is 9.85. The van der Waals surface area contributed by atoms with E-state index >= 15 is 0 Å². The molecule has 0 aromatic heterocycles. The maximum absolute atomic E-state index is 10.7. The van der Waals surface area contributed by atoms with Crippen molar-refractivity contribution in [3.8, 4) is 5.75 Å². The van der Waals surface area contributed by atoms with Crippen LogP contribution in [0, 0.1) is 0 Å². The van der Waals surface area contributed by atoms with Crippen molar-refractivity contribution in [3.05, 3.63) is 41.0 Å². The van der Waals surface area contributed by atoms with Gasteiger partial charge in [-0.25, -0.2) is 4.79 Å². The van der Waals surface area contributed by atoms with Crippen LogP contribution in [0.5, 0.6) is 5.75 Å². The number of carbonyl (C=O) groups is 1. The number of hydrogen-bond acceptors (Lipinski definition) is 3. The molecule has 0 radical (unpaired) electrons. The molecule has 1 aromatic rings. The Labute approximate surface area is 156 Å². The number of phenols is 1. The van der Waals surface area contributed by atoms with Crippen LogP contribution in [0.3, 0.4) is 0 Å². The minimum Gasteiger partial charge on any atom is -0.507 e. The van der Waals surface area contributed by atoms with Crippen LogP contribution in [0.1, 0.15) is 64.7 Å². The van der Waals surface area contributed by atoms with Gasteiger partial charge in [0.1, 0.15) is 5.75 Å². The fourth-order valence-electron chi connectivity index (χ4n) is 2.62.